The summed E-state index contributed by atoms with van der Waals surface area (Å²) in [6.07, 6.45) is 3.89. The molecule has 3 aromatic heterocycles. The van der Waals surface area contributed by atoms with Gasteiger partial charge in [-0.25, -0.2) is 24.9 Å². The van der Waals surface area contributed by atoms with Crippen molar-refractivity contribution in [3.63, 3.8) is 0 Å². The quantitative estimate of drug-likeness (QED) is 0.182. The van der Waals surface area contributed by atoms with Gasteiger partial charge in [0.25, 0.3) is 0 Å². The number of nitrogens with zero attached hydrogens (tertiary/aromatic N) is 6. The lowest BCUT2D eigenvalue weighted by molar-refractivity contribution is -0.140. The molecule has 0 radical (unpaired) electrons. The molecular weight excluding hydrogens is 624 g/mol. The minimum absolute atomic E-state index is 0. The molecule has 5 rings (SSSR count). The molecule has 4 aromatic rings. The predicted octanol–water partition coefficient (Wildman–Crippen LogP) is 5.86. The Bertz CT molecular complexity index is 1470. The number of hydrogen-bond acceptors (Lipinski definition) is 8. The second kappa shape index (κ2) is 11.6. The maximum Gasteiger partial charge on any atom is 0.434 e. The van der Waals surface area contributed by atoms with Crippen molar-refractivity contribution in [1.82, 2.24) is 29.5 Å². The number of imidazole rings is 1. The summed E-state index contributed by atoms with van der Waals surface area (Å²) in [6.45, 7) is 0.365. The van der Waals surface area contributed by atoms with Gasteiger partial charge in [0.05, 0.1) is 18.4 Å². The number of aryl methyl sites for hydroxylation is 1. The fourth-order valence-electron chi connectivity index (χ4n) is 4.33. The molecule has 2 N–H and O–H groups in total. The fraction of sp³-hybridized carbons (Fsp3) is 0.308. The summed E-state index contributed by atoms with van der Waals surface area (Å²) in [5.41, 5.74) is 2.51. The molecule has 1 saturated carbocycles. The third-order valence-corrected chi connectivity index (χ3v) is 6.56. The molecule has 0 spiro atoms. The number of hydrogen-bond donors (Lipinski definition) is 2. The van der Waals surface area contributed by atoms with Crippen LogP contribution in [-0.2, 0) is 19.8 Å². The number of aromatic nitrogens is 6. The monoisotopic (exact) mass is 650 g/mol. The van der Waals surface area contributed by atoms with Crippen LogP contribution in [0.25, 0.3) is 22.8 Å². The highest BCUT2D eigenvalue weighted by atomic mass is 127. The fourth-order valence-corrected chi connectivity index (χ4v) is 4.33. The summed E-state index contributed by atoms with van der Waals surface area (Å²) in [5, 5.41) is 11.0. The van der Waals surface area contributed by atoms with Crippen molar-refractivity contribution in [2.24, 2.45) is 7.05 Å². The van der Waals surface area contributed by atoms with Crippen LogP contribution in [0.2, 0.25) is 0 Å². The molecule has 9 nitrogen and oxygen atoms in total. The van der Waals surface area contributed by atoms with Crippen molar-refractivity contribution in [3.05, 3.63) is 65.5 Å². The van der Waals surface area contributed by atoms with E-state index in [1.807, 2.05) is 0 Å². The average Bonchev–Trinajstić information content (AvgIpc) is 3.28. The van der Waals surface area contributed by atoms with Gasteiger partial charge >= 0.3 is 6.18 Å². The van der Waals surface area contributed by atoms with E-state index in [9.17, 15) is 13.2 Å². The number of halogens is 4. The Labute approximate surface area is 239 Å². The van der Waals surface area contributed by atoms with Crippen LogP contribution in [0.4, 0.5) is 19.0 Å². The molecule has 1 aromatic carbocycles. The van der Waals surface area contributed by atoms with E-state index in [0.29, 0.717) is 46.7 Å². The summed E-state index contributed by atoms with van der Waals surface area (Å²) in [6, 6.07) is 7.05. The van der Waals surface area contributed by atoms with Crippen LogP contribution in [0, 0.1) is 5.41 Å². The molecule has 0 saturated heterocycles. The Kier molecular flexibility index (Phi) is 8.47. The third-order valence-electron chi connectivity index (χ3n) is 6.56. The maximum absolute atomic E-state index is 13.0. The lowest BCUT2D eigenvalue weighted by atomic mass is 9.81. The molecule has 39 heavy (non-hydrogen) atoms. The van der Waals surface area contributed by atoms with Crippen molar-refractivity contribution in [2.45, 2.75) is 37.9 Å². The molecule has 13 heteroatoms. The van der Waals surface area contributed by atoms with Crippen LogP contribution < -0.4 is 10.1 Å². The predicted molar refractivity (Wildman–Crippen MR) is 150 cm³/mol. The summed E-state index contributed by atoms with van der Waals surface area (Å²) in [4.78, 5) is 21.6. The summed E-state index contributed by atoms with van der Waals surface area (Å²) < 4.78 is 45.9. The lowest BCUT2D eigenvalue weighted by Gasteiger charge is -2.26. The first-order valence-electron chi connectivity index (χ1n) is 12.0. The van der Waals surface area contributed by atoms with Crippen molar-refractivity contribution in [2.75, 3.05) is 12.4 Å². The smallest absolute Gasteiger partial charge is 0.434 e. The molecule has 1 aliphatic rings. The van der Waals surface area contributed by atoms with Crippen molar-refractivity contribution >= 4 is 36.0 Å². The van der Waals surface area contributed by atoms with E-state index >= 15 is 0 Å². The number of ether oxygens (including phenoxy) is 1. The van der Waals surface area contributed by atoms with E-state index in [1.165, 1.54) is 24.2 Å². The number of nitrogens with one attached hydrogen (secondary N) is 2. The van der Waals surface area contributed by atoms with Crippen LogP contribution in [0.3, 0.4) is 0 Å². The van der Waals surface area contributed by atoms with Crippen LogP contribution in [0.1, 0.15) is 47.7 Å². The first-order chi connectivity index (χ1) is 18.3. The zero-order chi connectivity index (χ0) is 26.9. The molecule has 0 unspecified atom stereocenters. The zero-order valence-corrected chi connectivity index (χ0v) is 23.5. The maximum atomic E-state index is 13.0. The largest absolute Gasteiger partial charge is 0.480 e. The van der Waals surface area contributed by atoms with E-state index in [-0.39, 0.29) is 29.8 Å². The number of alkyl halides is 3. The molecule has 0 aliphatic heterocycles. The number of methoxy groups -OCH3 is 1. The van der Waals surface area contributed by atoms with E-state index in [0.717, 1.165) is 36.7 Å². The Hall–Kier alpha value is -3.62. The Balaban J connectivity index is 0.00000353. The second-order valence-corrected chi connectivity index (χ2v) is 9.02. The second-order valence-electron chi connectivity index (χ2n) is 9.02. The average molecular weight is 650 g/mol. The van der Waals surface area contributed by atoms with Gasteiger partial charge < -0.3 is 20.0 Å². The molecule has 1 aliphatic carbocycles. The third kappa shape index (κ3) is 5.87. The highest BCUT2D eigenvalue weighted by Gasteiger charge is 2.34. The van der Waals surface area contributed by atoms with E-state index in [2.05, 4.69) is 30.2 Å². The molecule has 0 amide bonds. The Morgan fingerprint density at radius 1 is 1.13 bits per heavy atom. The van der Waals surface area contributed by atoms with Gasteiger partial charge in [-0.3, -0.25) is 0 Å². The summed E-state index contributed by atoms with van der Waals surface area (Å²) in [5.74, 6) is 1.79. The highest BCUT2D eigenvalue weighted by Crippen LogP contribution is 2.42. The molecule has 0 atom stereocenters. The molecular formula is C26H26F3IN8O. The van der Waals surface area contributed by atoms with E-state index < -0.39 is 11.9 Å². The molecule has 3 heterocycles. The lowest BCUT2D eigenvalue weighted by Crippen LogP contribution is -2.14. The number of benzene rings is 1. The van der Waals surface area contributed by atoms with Crippen LogP contribution in [0.15, 0.2) is 43.0 Å². The van der Waals surface area contributed by atoms with Crippen molar-refractivity contribution in [1.29, 1.82) is 5.41 Å². The first kappa shape index (κ1) is 28.4. The van der Waals surface area contributed by atoms with Gasteiger partial charge in [-0.15, -0.1) is 24.0 Å². The summed E-state index contributed by atoms with van der Waals surface area (Å²) in [7, 11) is 3.07. The topological polar surface area (TPSA) is 114 Å². The minimum Gasteiger partial charge on any atom is -0.480 e. The van der Waals surface area contributed by atoms with Gasteiger partial charge in [-0.1, -0.05) is 30.7 Å². The number of anilines is 1. The number of rotatable bonds is 8. The van der Waals surface area contributed by atoms with Gasteiger partial charge in [0.15, 0.2) is 11.5 Å². The van der Waals surface area contributed by atoms with Crippen molar-refractivity contribution in [3.8, 4) is 28.7 Å². The molecule has 0 bridgehead atoms. The Morgan fingerprint density at radius 2 is 1.87 bits per heavy atom. The van der Waals surface area contributed by atoms with E-state index in [1.54, 1.807) is 37.6 Å². The normalized spacial score (nSPS) is 13.4. The van der Waals surface area contributed by atoms with Gasteiger partial charge in [-0.05, 0) is 18.4 Å². The first-order valence-corrected chi connectivity index (χ1v) is 12.0. The molecule has 204 valence electrons. The minimum atomic E-state index is -4.50. The van der Waals surface area contributed by atoms with Crippen LogP contribution in [0.5, 0.6) is 5.88 Å². The Morgan fingerprint density at radius 3 is 2.46 bits per heavy atom. The standard InChI is InChI=1S/C26H25F3N8O.HI/c1-37-13-19(26(27,28)29)35-24(37)17-8-6-15(7-9-17)11-31-22-18(10-30)12-32-23(36-22)20-21(16-4-3-5-16)33-14-34-25(20)38-2;/h6-10,12-14,16,30H,3-5,11H2,1-2H3,(H,31,32,36);1H. The van der Waals surface area contributed by atoms with Crippen LogP contribution in [-0.4, -0.2) is 42.8 Å². The van der Waals surface area contributed by atoms with E-state index in [4.69, 9.17) is 10.1 Å². The molecule has 1 fully saturated rings. The van der Waals surface area contributed by atoms with Gasteiger partial charge in [0.1, 0.15) is 23.5 Å². The highest BCUT2D eigenvalue weighted by molar-refractivity contribution is 14.0. The van der Waals surface area contributed by atoms with Crippen molar-refractivity contribution < 1.29 is 17.9 Å². The van der Waals surface area contributed by atoms with Crippen LogP contribution >= 0.6 is 24.0 Å². The van der Waals surface area contributed by atoms with Gasteiger partial charge in [-0.2, -0.15) is 13.2 Å². The van der Waals surface area contributed by atoms with Gasteiger partial charge in [0, 0.05) is 43.7 Å². The summed E-state index contributed by atoms with van der Waals surface area (Å²) >= 11 is 0. The SMILES string of the molecule is COc1ncnc(C2CCC2)c1-c1ncc(C=N)c(NCc2ccc(-c3nc(C(F)(F)F)cn3C)cc2)n1.I. The zero-order valence-electron chi connectivity index (χ0n) is 21.2. The van der Waals surface area contributed by atoms with Gasteiger partial charge in [0.2, 0.25) is 5.88 Å².